The minimum absolute atomic E-state index is 0.0796. The van der Waals surface area contributed by atoms with E-state index in [1.165, 1.54) is 41.2 Å². The summed E-state index contributed by atoms with van der Waals surface area (Å²) >= 11 is 5.62. The summed E-state index contributed by atoms with van der Waals surface area (Å²) in [5.74, 6) is -0.976. The molecule has 0 N–H and O–H groups in total. The first-order valence-electron chi connectivity index (χ1n) is 7.08. The maximum atomic E-state index is 12.4. The lowest BCUT2D eigenvalue weighted by Crippen LogP contribution is -2.22. The maximum absolute atomic E-state index is 12.4. The molecule has 2 aromatic heterocycles. The molecule has 0 radical (unpaired) electrons. The molecule has 0 saturated heterocycles. The molecule has 26 heavy (non-hydrogen) atoms. The fourth-order valence-corrected chi connectivity index (χ4v) is 4.51. The highest BCUT2D eigenvalue weighted by molar-refractivity contribution is 9.11. The summed E-state index contributed by atoms with van der Waals surface area (Å²) in [6, 6.07) is 7.63. The van der Waals surface area contributed by atoms with Gasteiger partial charge in [-0.1, -0.05) is 11.3 Å². The van der Waals surface area contributed by atoms with Gasteiger partial charge in [-0.15, -0.1) is 11.3 Å². The highest BCUT2D eigenvalue weighted by Crippen LogP contribution is 2.25. The molecule has 0 unspecified atom stereocenters. The van der Waals surface area contributed by atoms with Crippen molar-refractivity contribution in [1.82, 2.24) is 4.57 Å². The van der Waals surface area contributed by atoms with Crippen LogP contribution in [0.4, 0.5) is 5.69 Å². The number of nitrogens with zero attached hydrogens (tertiary/aromatic N) is 3. The number of benzene rings is 1. The summed E-state index contributed by atoms with van der Waals surface area (Å²) in [6.45, 7) is -0.158. The van der Waals surface area contributed by atoms with Crippen LogP contribution in [-0.4, -0.2) is 28.5 Å². The van der Waals surface area contributed by atoms with Crippen LogP contribution in [0.2, 0.25) is 0 Å². The number of thiophene rings is 1. The van der Waals surface area contributed by atoms with Crippen molar-refractivity contribution in [2.75, 3.05) is 7.11 Å². The summed E-state index contributed by atoms with van der Waals surface area (Å²) in [6.07, 6.45) is 0. The Morgan fingerprint density at radius 2 is 2.08 bits per heavy atom. The average molecular weight is 456 g/mol. The zero-order chi connectivity index (χ0) is 18.8. The average Bonchev–Trinajstić information content (AvgIpc) is 3.18. The van der Waals surface area contributed by atoms with Crippen molar-refractivity contribution in [2.45, 2.75) is 6.54 Å². The topological polar surface area (TPSA) is 104 Å². The molecular formula is C15H10BrN3O5S2. The van der Waals surface area contributed by atoms with Crippen LogP contribution in [0.3, 0.4) is 0 Å². The van der Waals surface area contributed by atoms with Crippen LogP contribution in [0.15, 0.2) is 39.1 Å². The molecule has 0 aliphatic heterocycles. The fraction of sp³-hybridized carbons (Fsp3) is 0.133. The molecule has 0 spiro atoms. The summed E-state index contributed by atoms with van der Waals surface area (Å²) in [4.78, 5) is 39.4. The number of rotatable bonds is 4. The lowest BCUT2D eigenvalue weighted by Gasteiger charge is -2.03. The van der Waals surface area contributed by atoms with Crippen LogP contribution < -0.4 is 4.80 Å². The van der Waals surface area contributed by atoms with E-state index < -0.39 is 16.8 Å². The van der Waals surface area contributed by atoms with E-state index in [0.29, 0.717) is 15.1 Å². The molecule has 1 aromatic carbocycles. The number of carbonyl (C=O) groups excluding carboxylic acids is 2. The number of aromatic nitrogens is 1. The van der Waals surface area contributed by atoms with Crippen molar-refractivity contribution in [2.24, 2.45) is 4.99 Å². The monoisotopic (exact) mass is 455 g/mol. The van der Waals surface area contributed by atoms with Crippen molar-refractivity contribution in [3.8, 4) is 0 Å². The van der Waals surface area contributed by atoms with Gasteiger partial charge < -0.3 is 9.30 Å². The molecule has 0 fully saturated rings. The van der Waals surface area contributed by atoms with Gasteiger partial charge in [0.25, 0.3) is 11.6 Å². The molecule has 0 saturated carbocycles. The molecule has 0 atom stereocenters. The molecule has 0 aliphatic carbocycles. The van der Waals surface area contributed by atoms with Crippen molar-refractivity contribution in [3.05, 3.63) is 53.9 Å². The number of nitro groups is 1. The highest BCUT2D eigenvalue weighted by Gasteiger charge is 2.16. The molecule has 8 nitrogen and oxygen atoms in total. The van der Waals surface area contributed by atoms with E-state index in [4.69, 9.17) is 0 Å². The van der Waals surface area contributed by atoms with Gasteiger partial charge in [-0.25, -0.2) is 0 Å². The quantitative estimate of drug-likeness (QED) is 0.340. The number of hydrogen-bond acceptors (Lipinski definition) is 7. The normalized spacial score (nSPS) is 11.7. The lowest BCUT2D eigenvalue weighted by molar-refractivity contribution is -0.384. The lowest BCUT2D eigenvalue weighted by atomic mass is 10.3. The minimum Gasteiger partial charge on any atom is -0.468 e. The van der Waals surface area contributed by atoms with E-state index in [1.807, 2.05) is 0 Å². The Hall–Kier alpha value is -2.37. The molecule has 3 rings (SSSR count). The van der Waals surface area contributed by atoms with E-state index in [0.717, 1.165) is 15.1 Å². The highest BCUT2D eigenvalue weighted by atomic mass is 79.9. The SMILES string of the molecule is COC(=O)Cn1c(=NC(=O)c2ccc(Br)s2)sc2cc([N+](=O)[O-])ccc21. The maximum Gasteiger partial charge on any atom is 0.325 e. The van der Waals surface area contributed by atoms with Gasteiger partial charge in [-0.3, -0.25) is 19.7 Å². The van der Waals surface area contributed by atoms with E-state index in [9.17, 15) is 19.7 Å². The number of fused-ring (bicyclic) bond motifs is 1. The molecule has 1 amide bonds. The summed E-state index contributed by atoms with van der Waals surface area (Å²) in [5, 5.41) is 11.0. The Morgan fingerprint density at radius 3 is 2.69 bits per heavy atom. The summed E-state index contributed by atoms with van der Waals surface area (Å²) in [5.41, 5.74) is 0.481. The number of carbonyl (C=O) groups is 2. The van der Waals surface area contributed by atoms with Crippen molar-refractivity contribution in [1.29, 1.82) is 0 Å². The first-order valence-corrected chi connectivity index (χ1v) is 9.50. The Morgan fingerprint density at radius 1 is 1.31 bits per heavy atom. The van der Waals surface area contributed by atoms with Crippen molar-refractivity contribution >= 4 is 66.4 Å². The first-order chi connectivity index (χ1) is 12.4. The second-order valence-corrected chi connectivity index (χ2v) is 8.45. The van der Waals surface area contributed by atoms with E-state index in [1.54, 1.807) is 12.1 Å². The standard InChI is InChI=1S/C15H10BrN3O5S2/c1-24-13(20)7-18-9-3-2-8(19(22)23)6-11(9)26-15(18)17-14(21)10-4-5-12(16)25-10/h2-6H,7H2,1H3. The second-order valence-electron chi connectivity index (χ2n) is 4.98. The number of amides is 1. The first kappa shape index (κ1) is 18.4. The van der Waals surface area contributed by atoms with Crippen LogP contribution in [0.5, 0.6) is 0 Å². The van der Waals surface area contributed by atoms with Crippen LogP contribution in [0.1, 0.15) is 9.67 Å². The van der Waals surface area contributed by atoms with Gasteiger partial charge in [0, 0.05) is 12.1 Å². The van der Waals surface area contributed by atoms with Gasteiger partial charge in [0.15, 0.2) is 4.80 Å². The Labute approximate surface area is 162 Å². The number of ether oxygens (including phenoxy) is 1. The number of halogens is 1. The molecule has 134 valence electrons. The summed E-state index contributed by atoms with van der Waals surface area (Å²) in [7, 11) is 1.26. The molecule has 3 aromatic rings. The van der Waals surface area contributed by atoms with Crippen molar-refractivity contribution in [3.63, 3.8) is 0 Å². The van der Waals surface area contributed by atoms with Gasteiger partial charge in [0.05, 0.1) is 30.9 Å². The van der Waals surface area contributed by atoms with Gasteiger partial charge in [-0.2, -0.15) is 4.99 Å². The van der Waals surface area contributed by atoms with E-state index in [-0.39, 0.29) is 17.0 Å². The summed E-state index contributed by atoms with van der Waals surface area (Å²) < 4.78 is 7.54. The van der Waals surface area contributed by atoms with Gasteiger partial charge in [-0.05, 0) is 34.1 Å². The molecular weight excluding hydrogens is 446 g/mol. The Bertz CT molecular complexity index is 1100. The number of esters is 1. The minimum atomic E-state index is -0.518. The van der Waals surface area contributed by atoms with Crippen LogP contribution >= 0.6 is 38.6 Å². The number of methoxy groups -OCH3 is 1. The number of thiazole rings is 1. The molecule has 2 heterocycles. The zero-order valence-corrected chi connectivity index (χ0v) is 16.4. The number of hydrogen-bond donors (Lipinski definition) is 0. The number of non-ortho nitro benzene ring substituents is 1. The zero-order valence-electron chi connectivity index (χ0n) is 13.2. The fourth-order valence-electron chi connectivity index (χ4n) is 2.18. The van der Waals surface area contributed by atoms with E-state index >= 15 is 0 Å². The van der Waals surface area contributed by atoms with Crippen molar-refractivity contribution < 1.29 is 19.2 Å². The van der Waals surface area contributed by atoms with Gasteiger partial charge >= 0.3 is 5.97 Å². The van der Waals surface area contributed by atoms with Gasteiger partial charge in [0.1, 0.15) is 6.54 Å². The smallest absolute Gasteiger partial charge is 0.325 e. The third kappa shape index (κ3) is 3.74. The van der Waals surface area contributed by atoms with E-state index in [2.05, 4.69) is 25.7 Å². The molecule has 0 aliphatic rings. The third-order valence-electron chi connectivity index (χ3n) is 3.37. The van der Waals surface area contributed by atoms with Crippen LogP contribution in [0, 0.1) is 10.1 Å². The molecule has 0 bridgehead atoms. The Kier molecular flexibility index (Phi) is 5.30. The predicted octanol–water partition coefficient (Wildman–Crippen LogP) is 3.35. The third-order valence-corrected chi connectivity index (χ3v) is 6.03. The van der Waals surface area contributed by atoms with Crippen LogP contribution in [0.25, 0.3) is 10.2 Å². The Balaban J connectivity index is 2.16. The predicted molar refractivity (Wildman–Crippen MR) is 100 cm³/mol. The largest absolute Gasteiger partial charge is 0.468 e. The van der Waals surface area contributed by atoms with Crippen LogP contribution in [-0.2, 0) is 16.1 Å². The second kappa shape index (κ2) is 7.48. The number of nitro benzene ring substituents is 1. The van der Waals surface area contributed by atoms with Gasteiger partial charge in [0.2, 0.25) is 0 Å². The molecule has 11 heteroatoms.